The first-order valence-electron chi connectivity index (χ1n) is 1.58. The second kappa shape index (κ2) is 4.17. The van der Waals surface area contributed by atoms with E-state index < -0.39 is 23.7 Å². The van der Waals surface area contributed by atoms with Crippen molar-refractivity contribution in [1.82, 2.24) is 0 Å². The molecule has 4 nitrogen and oxygen atoms in total. The molecule has 7 heteroatoms. The van der Waals surface area contributed by atoms with Crippen molar-refractivity contribution >= 4 is 23.7 Å². The second-order valence-electron chi connectivity index (χ2n) is 0.927. The Morgan fingerprint density at radius 3 is 2.12 bits per heavy atom. The molecule has 44 valence electrons. The predicted molar refractivity (Wildman–Crippen MR) is 29.9 cm³/mol. The SMILES string of the molecule is O=P[P+](=O)C[P+](=O)O. The lowest BCUT2D eigenvalue weighted by Gasteiger charge is -1.53. The molecule has 2 unspecified atom stereocenters. The predicted octanol–water partition coefficient (Wildman–Crippen LogP) is 1.71. The van der Waals surface area contributed by atoms with E-state index in [1.54, 1.807) is 0 Å². The highest BCUT2D eigenvalue weighted by molar-refractivity contribution is 8.11. The molecule has 8 heavy (non-hydrogen) atoms. The molecule has 0 aliphatic rings. The van der Waals surface area contributed by atoms with Gasteiger partial charge in [0.15, 0.2) is 0 Å². The summed E-state index contributed by atoms with van der Waals surface area (Å²) in [4.78, 5) is 8.04. The van der Waals surface area contributed by atoms with Gasteiger partial charge in [-0.1, -0.05) is 4.57 Å². The molecule has 0 amide bonds. The minimum atomic E-state index is -2.39. The minimum absolute atomic E-state index is 0.365. The fraction of sp³-hybridized carbons (Fsp3) is 1.00. The van der Waals surface area contributed by atoms with Crippen LogP contribution < -0.4 is 0 Å². The average Bonchev–Trinajstić information content (AvgIpc) is 1.65. The van der Waals surface area contributed by atoms with E-state index in [1.807, 2.05) is 0 Å². The smallest absolute Gasteiger partial charge is 0.213 e. The first-order valence-corrected chi connectivity index (χ1v) is 5.94. The van der Waals surface area contributed by atoms with Crippen LogP contribution in [0.1, 0.15) is 0 Å². The molecule has 0 aromatic carbocycles. The summed E-state index contributed by atoms with van der Waals surface area (Å²) in [7, 11) is -4.92. The molecule has 0 radical (unpaired) electrons. The summed E-state index contributed by atoms with van der Waals surface area (Å²) < 4.78 is 29.5. The highest BCUT2D eigenvalue weighted by Gasteiger charge is 2.30. The van der Waals surface area contributed by atoms with E-state index >= 15 is 0 Å². The Balaban J connectivity index is 3.55. The highest BCUT2D eigenvalue weighted by atomic mass is 32.0. The molecule has 0 saturated carbocycles. The van der Waals surface area contributed by atoms with Crippen molar-refractivity contribution in [3.63, 3.8) is 0 Å². The van der Waals surface area contributed by atoms with Crippen molar-refractivity contribution in [3.8, 4) is 0 Å². The third-order valence-electron chi connectivity index (χ3n) is 0.333. The maximum atomic E-state index is 10.1. The fourth-order valence-corrected chi connectivity index (χ4v) is 2.60. The third-order valence-corrected chi connectivity index (χ3v) is 4.14. The van der Waals surface area contributed by atoms with E-state index in [9.17, 15) is 13.7 Å². The monoisotopic (exact) mass is 172 g/mol. The topological polar surface area (TPSA) is 71.4 Å². The van der Waals surface area contributed by atoms with Gasteiger partial charge in [-0.25, -0.2) is 4.57 Å². The molecule has 0 bridgehead atoms. The lowest BCUT2D eigenvalue weighted by molar-refractivity contribution is 0.507. The summed E-state index contributed by atoms with van der Waals surface area (Å²) in [6, 6.07) is 0. The van der Waals surface area contributed by atoms with Gasteiger partial charge in [-0.05, 0) is 4.57 Å². The average molecular weight is 172 g/mol. The van der Waals surface area contributed by atoms with E-state index in [1.165, 1.54) is 0 Å². The van der Waals surface area contributed by atoms with Gasteiger partial charge in [0.25, 0.3) is 0 Å². The Morgan fingerprint density at radius 1 is 1.50 bits per heavy atom. The van der Waals surface area contributed by atoms with Gasteiger partial charge < -0.3 is 0 Å². The van der Waals surface area contributed by atoms with Crippen molar-refractivity contribution in [3.05, 3.63) is 0 Å². The quantitative estimate of drug-likeness (QED) is 0.657. The van der Waals surface area contributed by atoms with Crippen molar-refractivity contribution in [2.24, 2.45) is 0 Å². The first-order chi connectivity index (χ1) is 3.66. The molecule has 1 N–H and O–H groups in total. The zero-order chi connectivity index (χ0) is 6.57. The zero-order valence-electron chi connectivity index (χ0n) is 3.72. The highest BCUT2D eigenvalue weighted by Crippen LogP contribution is 2.42. The van der Waals surface area contributed by atoms with Gasteiger partial charge in [-0.3, -0.25) is 0 Å². The van der Waals surface area contributed by atoms with Crippen molar-refractivity contribution in [2.75, 3.05) is 5.90 Å². The molecule has 0 aromatic heterocycles. The molecule has 0 spiro atoms. The molecule has 0 aliphatic heterocycles. The van der Waals surface area contributed by atoms with Crippen LogP contribution in [0.2, 0.25) is 0 Å². The Labute approximate surface area is 49.0 Å². The van der Waals surface area contributed by atoms with Gasteiger partial charge in [0, 0.05) is 0 Å². The molecule has 0 fully saturated rings. The van der Waals surface area contributed by atoms with E-state index in [2.05, 4.69) is 0 Å². The largest absolute Gasteiger partial charge is 0.558 e. The fourth-order valence-electron chi connectivity index (χ4n) is 0.129. The Kier molecular flexibility index (Phi) is 4.31. The van der Waals surface area contributed by atoms with Gasteiger partial charge in [-0.15, -0.1) is 0 Å². The van der Waals surface area contributed by atoms with Crippen LogP contribution in [-0.4, -0.2) is 10.8 Å². The summed E-state index contributed by atoms with van der Waals surface area (Å²) in [5.74, 6) is -0.365. The minimum Gasteiger partial charge on any atom is -0.213 e. The maximum absolute atomic E-state index is 10.1. The molecule has 0 aromatic rings. The summed E-state index contributed by atoms with van der Waals surface area (Å²) in [5, 5.41) is 0. The molecule has 0 aliphatic carbocycles. The summed E-state index contributed by atoms with van der Waals surface area (Å²) >= 11 is 0. The van der Waals surface area contributed by atoms with Crippen molar-refractivity contribution < 1.29 is 18.6 Å². The third kappa shape index (κ3) is 4.42. The molecule has 0 heterocycles. The number of rotatable bonds is 3. The van der Waals surface area contributed by atoms with Crippen LogP contribution in [0.3, 0.4) is 0 Å². The van der Waals surface area contributed by atoms with Crippen LogP contribution in [0.25, 0.3) is 0 Å². The lowest BCUT2D eigenvalue weighted by Crippen LogP contribution is -1.58. The van der Waals surface area contributed by atoms with E-state index in [0.717, 1.165) is 0 Å². The van der Waals surface area contributed by atoms with Gasteiger partial charge in [0.1, 0.15) is 0 Å². The molecule has 0 saturated heterocycles. The normalized spacial score (nSPS) is 13.6. The second-order valence-corrected chi connectivity index (χ2v) is 5.46. The van der Waals surface area contributed by atoms with Crippen molar-refractivity contribution in [2.45, 2.75) is 0 Å². The van der Waals surface area contributed by atoms with Gasteiger partial charge in [0.2, 0.25) is 0 Å². The summed E-state index contributed by atoms with van der Waals surface area (Å²) in [6.07, 6.45) is 0. The van der Waals surface area contributed by atoms with E-state index in [-0.39, 0.29) is 5.90 Å². The first kappa shape index (κ1) is 8.26. The molecular formula is CH3O4P3+2. The molecule has 2 atom stereocenters. The van der Waals surface area contributed by atoms with Crippen LogP contribution >= 0.6 is 23.7 Å². The van der Waals surface area contributed by atoms with Crippen LogP contribution in [-0.2, 0) is 13.7 Å². The van der Waals surface area contributed by atoms with E-state index in [0.29, 0.717) is 0 Å². The van der Waals surface area contributed by atoms with Gasteiger partial charge in [-0.2, -0.15) is 4.89 Å². The van der Waals surface area contributed by atoms with Crippen LogP contribution in [0.15, 0.2) is 0 Å². The Bertz CT molecular complexity index is 129. The van der Waals surface area contributed by atoms with Crippen LogP contribution in [0, 0.1) is 0 Å². The van der Waals surface area contributed by atoms with Crippen molar-refractivity contribution in [1.29, 1.82) is 0 Å². The zero-order valence-corrected chi connectivity index (χ0v) is 6.40. The van der Waals surface area contributed by atoms with Crippen LogP contribution in [0.4, 0.5) is 0 Å². The summed E-state index contributed by atoms with van der Waals surface area (Å²) in [6.45, 7) is 0. The van der Waals surface area contributed by atoms with Crippen LogP contribution in [0.5, 0.6) is 0 Å². The number of hydrogen-bond acceptors (Lipinski definition) is 3. The lowest BCUT2D eigenvalue weighted by atomic mass is 11.9. The standard InChI is InChI=1S/CH2O4P3/c2-6-8(5)1-7(3)4/h1H2/q+1/p+1. The molecule has 0 rings (SSSR count). The Morgan fingerprint density at radius 2 is 2.00 bits per heavy atom. The summed E-state index contributed by atoms with van der Waals surface area (Å²) in [5.41, 5.74) is 0. The molecular weight excluding hydrogens is 169 g/mol. The maximum Gasteiger partial charge on any atom is 0.558 e. The van der Waals surface area contributed by atoms with Gasteiger partial charge in [0.05, 0.1) is 0 Å². The van der Waals surface area contributed by atoms with Gasteiger partial charge >= 0.3 is 29.6 Å². The number of hydrogen-bond donors (Lipinski definition) is 1. The van der Waals surface area contributed by atoms with E-state index in [4.69, 9.17) is 4.89 Å². The Hall–Kier alpha value is 0.260.